The van der Waals surface area contributed by atoms with E-state index in [0.29, 0.717) is 29.1 Å². The zero-order chi connectivity index (χ0) is 33.4. The molecule has 9 nitrogen and oxygen atoms in total. The van der Waals surface area contributed by atoms with Crippen LogP contribution in [-0.2, 0) is 16.1 Å². The number of hydrogen-bond acceptors (Lipinski definition) is 7. The van der Waals surface area contributed by atoms with Crippen LogP contribution in [0.5, 0.6) is 0 Å². The number of aromatic nitrogens is 1. The van der Waals surface area contributed by atoms with Crippen molar-refractivity contribution in [3.05, 3.63) is 101 Å². The van der Waals surface area contributed by atoms with Gasteiger partial charge in [-0.2, -0.15) is 0 Å². The number of carbonyl (C=O) groups is 2. The van der Waals surface area contributed by atoms with Crippen molar-refractivity contribution < 1.29 is 29.0 Å². The Morgan fingerprint density at radius 3 is 2.22 bits per heavy atom. The standard InChI is InChI=1S/C19H25N3O5.C7H7ClO.C7H8.C2H6/c1-19(2,3)27-18(25)22-10-6-8-13(22)16(24)20-11-14(23)17-21-12-7-4-5-9-15(12)26-17;8-7-3-1-6(5-9)2-4-7;1-7-5-3-2-4-6-7;1-2/h4-5,7,9,13-14,23H,6,8,10-11H2,1-3H3,(H,20,24);1-4,9H,5H2;2-6H,1H3;1-2H3. The van der Waals surface area contributed by atoms with Crippen LogP contribution in [0.2, 0.25) is 5.02 Å². The van der Waals surface area contributed by atoms with E-state index >= 15 is 0 Å². The second-order valence-corrected chi connectivity index (χ2v) is 11.5. The minimum Gasteiger partial charge on any atom is -0.444 e. The maximum atomic E-state index is 12.5. The Bertz CT molecular complexity index is 1400. The molecule has 1 aliphatic heterocycles. The van der Waals surface area contributed by atoms with Gasteiger partial charge in [-0.3, -0.25) is 9.69 Å². The van der Waals surface area contributed by atoms with Crippen molar-refractivity contribution in [1.29, 1.82) is 0 Å². The molecule has 1 aliphatic rings. The van der Waals surface area contributed by atoms with Crippen LogP contribution in [0.3, 0.4) is 0 Å². The quantitative estimate of drug-likeness (QED) is 0.210. The molecule has 2 atom stereocenters. The fourth-order valence-electron chi connectivity index (χ4n) is 4.14. The van der Waals surface area contributed by atoms with Gasteiger partial charge in [-0.25, -0.2) is 9.78 Å². The number of aliphatic hydroxyl groups excluding tert-OH is 2. The van der Waals surface area contributed by atoms with Gasteiger partial charge in [0.1, 0.15) is 23.3 Å². The molecule has 3 N–H and O–H groups in total. The highest BCUT2D eigenvalue weighted by Crippen LogP contribution is 2.22. The lowest BCUT2D eigenvalue weighted by atomic mass is 10.2. The molecule has 2 heterocycles. The van der Waals surface area contributed by atoms with E-state index in [2.05, 4.69) is 29.4 Å². The Morgan fingerprint density at radius 1 is 1.04 bits per heavy atom. The van der Waals surface area contributed by atoms with Crippen molar-refractivity contribution in [3.63, 3.8) is 0 Å². The molecule has 0 saturated carbocycles. The van der Waals surface area contributed by atoms with Gasteiger partial charge in [0.25, 0.3) is 0 Å². The molecule has 244 valence electrons. The number of amides is 2. The topological polar surface area (TPSA) is 125 Å². The molecular formula is C35H46ClN3O6. The van der Waals surface area contributed by atoms with E-state index < -0.39 is 23.8 Å². The van der Waals surface area contributed by atoms with Crippen LogP contribution in [0.15, 0.2) is 83.3 Å². The Balaban J connectivity index is 0.000000317. The molecule has 0 bridgehead atoms. The minimum atomic E-state index is -1.07. The normalized spacial score (nSPS) is 14.5. The van der Waals surface area contributed by atoms with Crippen LogP contribution in [0.25, 0.3) is 11.1 Å². The number of hydrogen-bond donors (Lipinski definition) is 3. The molecule has 2 unspecified atom stereocenters. The summed E-state index contributed by atoms with van der Waals surface area (Å²) in [5.41, 5.74) is 2.81. The second-order valence-electron chi connectivity index (χ2n) is 11.1. The lowest BCUT2D eigenvalue weighted by Crippen LogP contribution is -2.48. The van der Waals surface area contributed by atoms with Crippen LogP contribution in [0.1, 0.15) is 70.6 Å². The Morgan fingerprint density at radius 2 is 1.67 bits per heavy atom. The number of nitrogens with zero attached hydrogens (tertiary/aromatic N) is 2. The van der Waals surface area contributed by atoms with E-state index in [1.165, 1.54) is 10.5 Å². The number of para-hydroxylation sites is 2. The Labute approximate surface area is 271 Å². The summed E-state index contributed by atoms with van der Waals surface area (Å²) in [6.45, 7) is 11.9. The fourth-order valence-corrected chi connectivity index (χ4v) is 4.26. The molecule has 45 heavy (non-hydrogen) atoms. The molecule has 0 spiro atoms. The van der Waals surface area contributed by atoms with Gasteiger partial charge in [0.05, 0.1) is 13.2 Å². The largest absolute Gasteiger partial charge is 0.444 e. The lowest BCUT2D eigenvalue weighted by molar-refractivity contribution is -0.126. The lowest BCUT2D eigenvalue weighted by Gasteiger charge is -2.28. The molecule has 10 heteroatoms. The van der Waals surface area contributed by atoms with Crippen LogP contribution in [0, 0.1) is 6.92 Å². The third-order valence-corrected chi connectivity index (χ3v) is 6.54. The molecule has 1 saturated heterocycles. The number of halogens is 1. The molecule has 1 aromatic heterocycles. The summed E-state index contributed by atoms with van der Waals surface area (Å²) in [5, 5.41) is 22.2. The fraction of sp³-hybridized carbons (Fsp3) is 0.400. The summed E-state index contributed by atoms with van der Waals surface area (Å²) in [6.07, 6.45) is -0.285. The van der Waals surface area contributed by atoms with Gasteiger partial charge >= 0.3 is 6.09 Å². The van der Waals surface area contributed by atoms with Crippen molar-refractivity contribution >= 4 is 34.7 Å². The van der Waals surface area contributed by atoms with E-state index in [-0.39, 0.29) is 24.9 Å². The van der Waals surface area contributed by atoms with Gasteiger partial charge in [0.15, 0.2) is 5.58 Å². The summed E-state index contributed by atoms with van der Waals surface area (Å²) in [7, 11) is 0. The first kappa shape index (κ1) is 37.3. The van der Waals surface area contributed by atoms with Crippen LogP contribution >= 0.6 is 11.6 Å². The highest BCUT2D eigenvalue weighted by atomic mass is 35.5. The number of carbonyl (C=O) groups excluding carboxylic acids is 2. The maximum absolute atomic E-state index is 12.5. The number of fused-ring (bicyclic) bond motifs is 1. The van der Waals surface area contributed by atoms with Gasteiger partial charge in [-0.15, -0.1) is 0 Å². The molecule has 1 fully saturated rings. The Kier molecular flexibility index (Phi) is 15.6. The smallest absolute Gasteiger partial charge is 0.410 e. The van der Waals surface area contributed by atoms with Gasteiger partial charge in [0, 0.05) is 11.6 Å². The van der Waals surface area contributed by atoms with E-state index in [1.54, 1.807) is 57.2 Å². The number of nitrogens with one attached hydrogen (secondary N) is 1. The van der Waals surface area contributed by atoms with Crippen LogP contribution < -0.4 is 5.32 Å². The molecule has 3 aromatic carbocycles. The highest BCUT2D eigenvalue weighted by Gasteiger charge is 2.36. The molecule has 5 rings (SSSR count). The minimum absolute atomic E-state index is 0.0513. The predicted octanol–water partition coefficient (Wildman–Crippen LogP) is 7.23. The zero-order valence-electron chi connectivity index (χ0n) is 27.0. The maximum Gasteiger partial charge on any atom is 0.410 e. The summed E-state index contributed by atoms with van der Waals surface area (Å²) >= 11 is 5.59. The predicted molar refractivity (Wildman–Crippen MR) is 178 cm³/mol. The summed E-state index contributed by atoms with van der Waals surface area (Å²) in [5.74, 6) is -0.180. The molecule has 2 amide bonds. The second kappa shape index (κ2) is 18.8. The van der Waals surface area contributed by atoms with Gasteiger partial charge in [-0.05, 0) is 70.4 Å². The summed E-state index contributed by atoms with van der Waals surface area (Å²) in [6, 6.07) is 23.9. The van der Waals surface area contributed by atoms with E-state index in [9.17, 15) is 14.7 Å². The molecule has 0 radical (unpaired) electrons. The molecule has 0 aliphatic carbocycles. The number of rotatable bonds is 5. The zero-order valence-corrected chi connectivity index (χ0v) is 27.8. The highest BCUT2D eigenvalue weighted by molar-refractivity contribution is 6.30. The van der Waals surface area contributed by atoms with E-state index in [0.717, 1.165) is 12.0 Å². The van der Waals surface area contributed by atoms with Crippen molar-refractivity contribution in [2.45, 2.75) is 78.7 Å². The molecular weight excluding hydrogens is 594 g/mol. The molecule has 4 aromatic rings. The van der Waals surface area contributed by atoms with Gasteiger partial charge in [-0.1, -0.05) is 85.6 Å². The average molecular weight is 640 g/mol. The van der Waals surface area contributed by atoms with E-state index in [4.69, 9.17) is 25.9 Å². The summed E-state index contributed by atoms with van der Waals surface area (Å²) < 4.78 is 10.9. The van der Waals surface area contributed by atoms with Gasteiger partial charge < -0.3 is 24.7 Å². The number of ether oxygens (including phenoxy) is 1. The van der Waals surface area contributed by atoms with Crippen molar-refractivity contribution in [2.24, 2.45) is 0 Å². The monoisotopic (exact) mass is 639 g/mol. The van der Waals surface area contributed by atoms with Crippen LogP contribution in [-0.4, -0.2) is 56.8 Å². The van der Waals surface area contributed by atoms with Gasteiger partial charge in [0.2, 0.25) is 11.8 Å². The third kappa shape index (κ3) is 12.9. The van der Waals surface area contributed by atoms with Crippen LogP contribution in [0.4, 0.5) is 4.79 Å². The first-order valence-corrected chi connectivity index (χ1v) is 15.5. The van der Waals surface area contributed by atoms with E-state index in [1.807, 2.05) is 44.2 Å². The number of oxazole rings is 1. The first-order chi connectivity index (χ1) is 21.5. The van der Waals surface area contributed by atoms with Crippen molar-refractivity contribution in [3.8, 4) is 0 Å². The summed E-state index contributed by atoms with van der Waals surface area (Å²) in [4.78, 5) is 30.5. The Hall–Kier alpha value is -3.92. The number of benzene rings is 3. The SMILES string of the molecule is CC.CC(C)(C)OC(=O)N1CCCC1C(=O)NCC(O)c1nc2ccccc2o1.Cc1ccccc1.OCc1ccc(Cl)cc1. The number of likely N-dealkylation sites (tertiary alicyclic amines) is 1. The third-order valence-electron chi connectivity index (χ3n) is 6.28. The van der Waals surface area contributed by atoms with Crippen molar-refractivity contribution in [2.75, 3.05) is 13.1 Å². The number of aliphatic hydroxyl groups is 2. The first-order valence-electron chi connectivity index (χ1n) is 15.1. The average Bonchev–Trinajstić information content (AvgIpc) is 3.70. The van der Waals surface area contributed by atoms with Crippen molar-refractivity contribution in [1.82, 2.24) is 15.2 Å². The number of aryl methyl sites for hydroxylation is 1.